The van der Waals surface area contributed by atoms with E-state index in [1.165, 1.54) is 30.0 Å². The number of carbonyl (C=O) groups is 2. The maximum absolute atomic E-state index is 13.3. The van der Waals surface area contributed by atoms with Crippen molar-refractivity contribution in [3.05, 3.63) is 77.1 Å². The molecule has 2 heterocycles. The number of anilines is 1. The highest BCUT2D eigenvalue weighted by Gasteiger charge is 2.35. The van der Waals surface area contributed by atoms with Crippen molar-refractivity contribution in [3.8, 4) is 11.4 Å². The summed E-state index contributed by atoms with van der Waals surface area (Å²) in [5, 5.41) is 12.2. The number of amides is 1. The van der Waals surface area contributed by atoms with Crippen molar-refractivity contribution in [1.29, 1.82) is 0 Å². The van der Waals surface area contributed by atoms with Crippen LogP contribution in [0.3, 0.4) is 0 Å². The first-order valence-corrected chi connectivity index (χ1v) is 9.29. The smallest absolute Gasteiger partial charge is 0.416 e. The molecular formula is C22H17F3N2O4. The standard InChI is InChI=1S/C22H17F3N2O4/c1-31-15-7-2-4-12(8-15)16-10-18(28)26-19-17(21(29)30)11-27(20(16)19)14-6-3-5-13(9-14)22(23,24)25/h2-9,11,16H,10H2,1H3,(H,26,28)(H,29,30)/t16-/m0/s1. The Morgan fingerprint density at radius 3 is 2.61 bits per heavy atom. The van der Waals surface area contributed by atoms with Gasteiger partial charge in [-0.05, 0) is 35.9 Å². The maximum Gasteiger partial charge on any atom is 0.416 e. The van der Waals surface area contributed by atoms with Crippen LogP contribution in [0.2, 0.25) is 0 Å². The molecule has 0 unspecified atom stereocenters. The van der Waals surface area contributed by atoms with Crippen LogP contribution in [-0.4, -0.2) is 28.7 Å². The second-order valence-electron chi connectivity index (χ2n) is 7.11. The lowest BCUT2D eigenvalue weighted by molar-refractivity contribution is -0.137. The van der Waals surface area contributed by atoms with E-state index in [0.717, 1.165) is 12.1 Å². The summed E-state index contributed by atoms with van der Waals surface area (Å²) < 4.78 is 46.4. The molecule has 160 valence electrons. The third-order valence-corrected chi connectivity index (χ3v) is 5.21. The molecule has 1 aliphatic rings. The van der Waals surface area contributed by atoms with E-state index in [2.05, 4.69) is 5.32 Å². The number of hydrogen-bond donors (Lipinski definition) is 2. The van der Waals surface area contributed by atoms with E-state index in [9.17, 15) is 27.9 Å². The molecule has 1 aliphatic heterocycles. The van der Waals surface area contributed by atoms with Crippen molar-refractivity contribution in [2.24, 2.45) is 0 Å². The molecule has 1 atom stereocenters. The molecule has 9 heteroatoms. The van der Waals surface area contributed by atoms with Crippen molar-refractivity contribution in [2.75, 3.05) is 12.4 Å². The van der Waals surface area contributed by atoms with E-state index in [1.54, 1.807) is 24.3 Å². The van der Waals surface area contributed by atoms with Crippen LogP contribution in [0.1, 0.15) is 39.5 Å². The Labute approximate surface area is 174 Å². The van der Waals surface area contributed by atoms with Gasteiger partial charge < -0.3 is 19.7 Å². The predicted molar refractivity (Wildman–Crippen MR) is 106 cm³/mol. The Kier molecular flexibility index (Phi) is 4.96. The van der Waals surface area contributed by atoms with E-state index < -0.39 is 23.6 Å². The summed E-state index contributed by atoms with van der Waals surface area (Å²) >= 11 is 0. The summed E-state index contributed by atoms with van der Waals surface area (Å²) in [5.41, 5.74) is 0.232. The Morgan fingerprint density at radius 1 is 1.19 bits per heavy atom. The largest absolute Gasteiger partial charge is 0.497 e. The molecule has 0 fully saturated rings. The molecule has 0 saturated heterocycles. The third kappa shape index (κ3) is 3.74. The number of rotatable bonds is 4. The zero-order valence-electron chi connectivity index (χ0n) is 16.2. The number of methoxy groups -OCH3 is 1. The molecule has 0 spiro atoms. The molecule has 31 heavy (non-hydrogen) atoms. The second-order valence-corrected chi connectivity index (χ2v) is 7.11. The van der Waals surface area contributed by atoms with E-state index in [-0.39, 0.29) is 29.3 Å². The van der Waals surface area contributed by atoms with Crippen molar-refractivity contribution >= 4 is 17.6 Å². The Hall–Kier alpha value is -3.75. The van der Waals surface area contributed by atoms with Crippen LogP contribution in [-0.2, 0) is 11.0 Å². The molecular weight excluding hydrogens is 413 g/mol. The van der Waals surface area contributed by atoms with Gasteiger partial charge in [-0.1, -0.05) is 18.2 Å². The molecule has 4 rings (SSSR count). The van der Waals surface area contributed by atoms with Gasteiger partial charge in [-0.15, -0.1) is 0 Å². The van der Waals surface area contributed by atoms with E-state index in [0.29, 0.717) is 17.0 Å². The number of alkyl halides is 3. The zero-order chi connectivity index (χ0) is 22.3. The highest BCUT2D eigenvalue weighted by molar-refractivity contribution is 6.04. The number of aromatic nitrogens is 1. The highest BCUT2D eigenvalue weighted by atomic mass is 19.4. The monoisotopic (exact) mass is 430 g/mol. The molecule has 2 N–H and O–H groups in total. The van der Waals surface area contributed by atoms with Gasteiger partial charge in [0.05, 0.1) is 24.1 Å². The van der Waals surface area contributed by atoms with Crippen molar-refractivity contribution < 1.29 is 32.6 Å². The minimum atomic E-state index is -4.56. The summed E-state index contributed by atoms with van der Waals surface area (Å²) in [4.78, 5) is 24.2. The van der Waals surface area contributed by atoms with Crippen LogP contribution >= 0.6 is 0 Å². The topological polar surface area (TPSA) is 80.6 Å². The van der Waals surface area contributed by atoms with Crippen LogP contribution in [0, 0.1) is 0 Å². The number of halogens is 3. The lowest BCUT2D eigenvalue weighted by Crippen LogP contribution is -2.25. The van der Waals surface area contributed by atoms with Gasteiger partial charge in [0.15, 0.2) is 0 Å². The number of carboxylic acid groups (broad SMARTS) is 1. The maximum atomic E-state index is 13.3. The molecule has 0 saturated carbocycles. The Bertz CT molecular complexity index is 1180. The van der Waals surface area contributed by atoms with Crippen LogP contribution < -0.4 is 10.1 Å². The summed E-state index contributed by atoms with van der Waals surface area (Å²) in [6.45, 7) is 0. The fourth-order valence-electron chi connectivity index (χ4n) is 3.81. The van der Waals surface area contributed by atoms with E-state index in [1.807, 2.05) is 0 Å². The molecule has 2 aromatic carbocycles. The first-order valence-electron chi connectivity index (χ1n) is 9.29. The SMILES string of the molecule is COc1cccc([C@@H]2CC(=O)Nc3c(C(=O)O)cn(-c4cccc(C(F)(F)F)c4)c32)c1. The molecule has 1 amide bonds. The molecule has 0 radical (unpaired) electrons. The van der Waals surface area contributed by atoms with Crippen LogP contribution in [0.5, 0.6) is 5.75 Å². The molecule has 0 bridgehead atoms. The number of hydrogen-bond acceptors (Lipinski definition) is 3. The van der Waals surface area contributed by atoms with Gasteiger partial charge in [-0.25, -0.2) is 4.79 Å². The summed E-state index contributed by atoms with van der Waals surface area (Å²) in [6.07, 6.45) is -3.32. The number of nitrogens with one attached hydrogen (secondary N) is 1. The normalized spacial score (nSPS) is 15.9. The number of carboxylic acids is 1. The lowest BCUT2D eigenvalue weighted by Gasteiger charge is -2.26. The third-order valence-electron chi connectivity index (χ3n) is 5.21. The van der Waals surface area contributed by atoms with Gasteiger partial charge in [-0.2, -0.15) is 13.2 Å². The van der Waals surface area contributed by atoms with Crippen LogP contribution in [0.25, 0.3) is 5.69 Å². The van der Waals surface area contributed by atoms with Crippen molar-refractivity contribution in [1.82, 2.24) is 4.57 Å². The quantitative estimate of drug-likeness (QED) is 0.630. The predicted octanol–water partition coefficient (Wildman–Crippen LogP) is 4.68. The minimum Gasteiger partial charge on any atom is -0.497 e. The van der Waals surface area contributed by atoms with Crippen molar-refractivity contribution in [3.63, 3.8) is 0 Å². The molecule has 3 aromatic rings. The number of benzene rings is 2. The second kappa shape index (κ2) is 7.50. The summed E-state index contributed by atoms with van der Waals surface area (Å²) in [6, 6.07) is 11.5. The lowest BCUT2D eigenvalue weighted by atomic mass is 9.88. The molecule has 0 aliphatic carbocycles. The number of fused-ring (bicyclic) bond motifs is 1. The number of ether oxygens (including phenoxy) is 1. The van der Waals surface area contributed by atoms with Gasteiger partial charge in [0.25, 0.3) is 0 Å². The first-order chi connectivity index (χ1) is 14.7. The summed E-state index contributed by atoms with van der Waals surface area (Å²) in [7, 11) is 1.49. The zero-order valence-corrected chi connectivity index (χ0v) is 16.2. The Balaban J connectivity index is 1.96. The van der Waals surface area contributed by atoms with Gasteiger partial charge in [0.2, 0.25) is 5.91 Å². The van der Waals surface area contributed by atoms with Gasteiger partial charge in [-0.3, -0.25) is 4.79 Å². The average molecular weight is 430 g/mol. The van der Waals surface area contributed by atoms with Gasteiger partial charge >= 0.3 is 12.1 Å². The first kappa shape index (κ1) is 20.5. The highest BCUT2D eigenvalue weighted by Crippen LogP contribution is 2.42. The Morgan fingerprint density at radius 2 is 1.94 bits per heavy atom. The fraction of sp³-hybridized carbons (Fsp3) is 0.182. The molecule has 6 nitrogen and oxygen atoms in total. The van der Waals surface area contributed by atoms with Crippen LogP contribution in [0.4, 0.5) is 18.9 Å². The van der Waals surface area contributed by atoms with Crippen molar-refractivity contribution in [2.45, 2.75) is 18.5 Å². The number of aromatic carboxylic acids is 1. The van der Waals surface area contributed by atoms with E-state index in [4.69, 9.17) is 4.74 Å². The minimum absolute atomic E-state index is 0.00218. The fourth-order valence-corrected chi connectivity index (χ4v) is 3.81. The van der Waals surface area contributed by atoms with E-state index >= 15 is 0 Å². The van der Waals surface area contributed by atoms with Gasteiger partial charge in [0.1, 0.15) is 11.3 Å². The van der Waals surface area contributed by atoms with Gasteiger partial charge in [0, 0.05) is 24.2 Å². The summed E-state index contributed by atoms with van der Waals surface area (Å²) in [5.74, 6) is -1.72. The van der Waals surface area contributed by atoms with Crippen LogP contribution in [0.15, 0.2) is 54.7 Å². The average Bonchev–Trinajstić information content (AvgIpc) is 3.12. The number of carbonyl (C=O) groups excluding carboxylic acids is 1. The number of nitrogens with zero attached hydrogens (tertiary/aromatic N) is 1. The molecule has 1 aromatic heterocycles.